The molecule has 1 N–H and O–H groups in total. The van der Waals surface area contributed by atoms with Gasteiger partial charge in [0.2, 0.25) is 0 Å². The lowest BCUT2D eigenvalue weighted by Gasteiger charge is -2.15. The molecule has 0 amide bonds. The summed E-state index contributed by atoms with van der Waals surface area (Å²) in [5, 5.41) is 6.10. The van der Waals surface area contributed by atoms with Gasteiger partial charge in [0.1, 0.15) is 0 Å². The second-order valence-electron chi connectivity index (χ2n) is 6.43. The Labute approximate surface area is 130 Å². The molecule has 3 rings (SSSR count). The van der Waals surface area contributed by atoms with E-state index in [1.165, 1.54) is 26.2 Å². The third kappa shape index (κ3) is 3.27. The van der Waals surface area contributed by atoms with Crippen molar-refractivity contribution in [2.75, 3.05) is 5.32 Å². The first kappa shape index (κ1) is 14.2. The molecule has 21 heavy (non-hydrogen) atoms. The molecule has 0 saturated heterocycles. The second-order valence-corrected chi connectivity index (χ2v) is 7.60. The van der Waals surface area contributed by atoms with Crippen molar-refractivity contribution in [3.63, 3.8) is 0 Å². The smallest absolute Gasteiger partial charge is 0.0494 e. The van der Waals surface area contributed by atoms with Crippen LogP contribution in [0, 0.1) is 0 Å². The van der Waals surface area contributed by atoms with E-state index in [0.717, 1.165) is 6.54 Å². The molecule has 0 aliphatic heterocycles. The zero-order chi connectivity index (χ0) is 14.9. The Kier molecular flexibility index (Phi) is 3.73. The molecule has 0 fully saturated rings. The fraction of sp³-hybridized carbons (Fsp3) is 0.263. The van der Waals surface area contributed by atoms with Gasteiger partial charge in [0.25, 0.3) is 0 Å². The average molecular weight is 295 g/mol. The van der Waals surface area contributed by atoms with Gasteiger partial charge >= 0.3 is 0 Å². The van der Waals surface area contributed by atoms with Gasteiger partial charge in [-0.1, -0.05) is 51.1 Å². The minimum absolute atomic E-state index is 0.242. The van der Waals surface area contributed by atoms with Crippen molar-refractivity contribution in [1.82, 2.24) is 0 Å². The van der Waals surface area contributed by atoms with E-state index < -0.39 is 0 Å². The third-order valence-electron chi connectivity index (χ3n) is 3.62. The average Bonchev–Trinajstić information content (AvgIpc) is 2.94. The van der Waals surface area contributed by atoms with Gasteiger partial charge in [-0.2, -0.15) is 0 Å². The van der Waals surface area contributed by atoms with Crippen LogP contribution in [0.15, 0.2) is 54.6 Å². The van der Waals surface area contributed by atoms with Gasteiger partial charge in [-0.15, -0.1) is 11.3 Å². The number of hydrogen-bond donors (Lipinski definition) is 1. The topological polar surface area (TPSA) is 12.0 Å². The van der Waals surface area contributed by atoms with E-state index >= 15 is 0 Å². The van der Waals surface area contributed by atoms with Crippen molar-refractivity contribution >= 4 is 27.8 Å². The fourth-order valence-corrected chi connectivity index (χ4v) is 3.37. The summed E-state index contributed by atoms with van der Waals surface area (Å²) < 4.78 is 0. The summed E-state index contributed by atoms with van der Waals surface area (Å²) >= 11 is 1.90. The number of fused-ring (bicyclic) bond motifs is 1. The lowest BCUT2D eigenvalue weighted by molar-refractivity contribution is 0.604. The molecule has 0 aliphatic carbocycles. The van der Waals surface area contributed by atoms with Crippen LogP contribution in [-0.4, -0.2) is 0 Å². The summed E-state index contributed by atoms with van der Waals surface area (Å²) in [6.45, 7) is 7.68. The summed E-state index contributed by atoms with van der Waals surface area (Å²) in [4.78, 5) is 2.82. The van der Waals surface area contributed by atoms with E-state index in [-0.39, 0.29) is 5.41 Å². The van der Waals surface area contributed by atoms with Gasteiger partial charge in [-0.3, -0.25) is 0 Å². The van der Waals surface area contributed by atoms with Crippen molar-refractivity contribution < 1.29 is 0 Å². The third-order valence-corrected chi connectivity index (χ3v) is 5.13. The highest BCUT2D eigenvalue weighted by Crippen LogP contribution is 2.30. The zero-order valence-electron chi connectivity index (χ0n) is 12.8. The fourth-order valence-electron chi connectivity index (χ4n) is 2.36. The van der Waals surface area contributed by atoms with Crippen LogP contribution in [0.4, 0.5) is 5.69 Å². The highest BCUT2D eigenvalue weighted by Gasteiger charge is 2.15. The van der Waals surface area contributed by atoms with Gasteiger partial charge in [0, 0.05) is 22.0 Å². The Balaban J connectivity index is 1.73. The number of thiophene rings is 1. The van der Waals surface area contributed by atoms with Crippen molar-refractivity contribution in [2.45, 2.75) is 32.7 Å². The molecule has 2 heteroatoms. The van der Waals surface area contributed by atoms with Crippen molar-refractivity contribution in [3.05, 3.63) is 64.4 Å². The standard InChI is InChI=1S/C19H21NS/c1-19(2,3)18-11-10-17(21-18)13-20-16-9-8-14-6-4-5-7-15(14)12-16/h4-12,20H,13H2,1-3H3. The van der Waals surface area contributed by atoms with Crippen LogP contribution in [0.25, 0.3) is 10.8 Å². The van der Waals surface area contributed by atoms with Crippen molar-refractivity contribution in [3.8, 4) is 0 Å². The maximum atomic E-state index is 3.53. The molecular weight excluding hydrogens is 274 g/mol. The van der Waals surface area contributed by atoms with Gasteiger partial charge in [-0.25, -0.2) is 0 Å². The molecule has 0 saturated carbocycles. The minimum atomic E-state index is 0.242. The monoisotopic (exact) mass is 295 g/mol. The first-order valence-corrected chi connectivity index (χ1v) is 8.16. The maximum Gasteiger partial charge on any atom is 0.0494 e. The Morgan fingerprint density at radius 1 is 0.905 bits per heavy atom. The SMILES string of the molecule is CC(C)(C)c1ccc(CNc2ccc3ccccc3c2)s1. The van der Waals surface area contributed by atoms with E-state index in [9.17, 15) is 0 Å². The maximum absolute atomic E-state index is 3.53. The summed E-state index contributed by atoms with van der Waals surface area (Å²) in [5.74, 6) is 0. The van der Waals surface area contributed by atoms with Crippen LogP contribution >= 0.6 is 11.3 Å². The highest BCUT2D eigenvalue weighted by molar-refractivity contribution is 7.12. The molecular formula is C19H21NS. The summed E-state index contributed by atoms with van der Waals surface area (Å²) in [6, 6.07) is 19.5. The first-order chi connectivity index (χ1) is 10.0. The van der Waals surface area contributed by atoms with E-state index in [4.69, 9.17) is 0 Å². The molecule has 3 aromatic rings. The number of anilines is 1. The molecule has 0 unspecified atom stereocenters. The van der Waals surface area contributed by atoms with Crippen LogP contribution in [-0.2, 0) is 12.0 Å². The number of rotatable bonds is 3. The quantitative estimate of drug-likeness (QED) is 0.643. The van der Waals surface area contributed by atoms with Gasteiger partial charge in [-0.05, 0) is 40.5 Å². The van der Waals surface area contributed by atoms with E-state index in [2.05, 4.69) is 80.7 Å². The molecule has 2 aromatic carbocycles. The predicted octanol–water partition coefficient (Wildman–Crippen LogP) is 5.81. The molecule has 108 valence electrons. The largest absolute Gasteiger partial charge is 0.380 e. The van der Waals surface area contributed by atoms with Crippen LogP contribution in [0.5, 0.6) is 0 Å². The van der Waals surface area contributed by atoms with Crippen molar-refractivity contribution in [1.29, 1.82) is 0 Å². The Bertz CT molecular complexity index is 749. The zero-order valence-corrected chi connectivity index (χ0v) is 13.6. The first-order valence-electron chi connectivity index (χ1n) is 7.34. The van der Waals surface area contributed by atoms with Gasteiger partial charge in [0.05, 0.1) is 0 Å². The van der Waals surface area contributed by atoms with Crippen LogP contribution < -0.4 is 5.32 Å². The van der Waals surface area contributed by atoms with Crippen LogP contribution in [0.2, 0.25) is 0 Å². The van der Waals surface area contributed by atoms with E-state index in [0.29, 0.717) is 0 Å². The molecule has 1 aromatic heterocycles. The van der Waals surface area contributed by atoms with E-state index in [1.807, 2.05) is 11.3 Å². The number of hydrogen-bond acceptors (Lipinski definition) is 2. The Hall–Kier alpha value is -1.80. The molecule has 0 spiro atoms. The Morgan fingerprint density at radius 2 is 1.67 bits per heavy atom. The summed E-state index contributed by atoms with van der Waals surface area (Å²) in [6.07, 6.45) is 0. The number of nitrogens with one attached hydrogen (secondary N) is 1. The van der Waals surface area contributed by atoms with Crippen LogP contribution in [0.3, 0.4) is 0 Å². The molecule has 1 nitrogen and oxygen atoms in total. The van der Waals surface area contributed by atoms with Gasteiger partial charge < -0.3 is 5.32 Å². The summed E-state index contributed by atoms with van der Waals surface area (Å²) in [7, 11) is 0. The number of benzene rings is 2. The second kappa shape index (κ2) is 5.53. The van der Waals surface area contributed by atoms with Crippen LogP contribution in [0.1, 0.15) is 30.5 Å². The molecule has 0 radical (unpaired) electrons. The predicted molar refractivity (Wildman–Crippen MR) is 94.3 cm³/mol. The minimum Gasteiger partial charge on any atom is -0.380 e. The van der Waals surface area contributed by atoms with Crippen molar-refractivity contribution in [2.24, 2.45) is 0 Å². The molecule has 0 aliphatic rings. The molecule has 0 bridgehead atoms. The molecule has 1 heterocycles. The summed E-state index contributed by atoms with van der Waals surface area (Å²) in [5.41, 5.74) is 1.42. The lowest BCUT2D eigenvalue weighted by atomic mass is 9.95. The Morgan fingerprint density at radius 3 is 2.38 bits per heavy atom. The highest BCUT2D eigenvalue weighted by atomic mass is 32.1. The van der Waals surface area contributed by atoms with E-state index in [1.54, 1.807) is 0 Å². The van der Waals surface area contributed by atoms with Gasteiger partial charge in [0.15, 0.2) is 0 Å². The normalized spacial score (nSPS) is 11.8. The molecule has 0 atom stereocenters. The lowest BCUT2D eigenvalue weighted by Crippen LogP contribution is -2.07.